The SMILES string of the molecule is O=C(Cc1ccncc1)N(c1cccc(F)c1)C1(C(=O)NC2CCC(F)(F)CC2)CCc2ccccc21. The van der Waals surface area contributed by atoms with E-state index in [1.807, 2.05) is 24.3 Å². The first-order valence-corrected chi connectivity index (χ1v) is 12.5. The molecule has 5 nitrogen and oxygen atoms in total. The van der Waals surface area contributed by atoms with Crippen LogP contribution in [-0.4, -0.2) is 28.8 Å². The predicted molar refractivity (Wildman–Crippen MR) is 134 cm³/mol. The summed E-state index contributed by atoms with van der Waals surface area (Å²) < 4.78 is 42.0. The van der Waals surface area contributed by atoms with Crippen molar-refractivity contribution in [2.45, 2.75) is 62.4 Å². The molecule has 1 heterocycles. The van der Waals surface area contributed by atoms with Gasteiger partial charge in [-0.2, -0.15) is 0 Å². The molecular formula is C29H28F3N3O2. The maximum Gasteiger partial charge on any atom is 0.251 e. The van der Waals surface area contributed by atoms with Gasteiger partial charge in [0.05, 0.1) is 6.42 Å². The summed E-state index contributed by atoms with van der Waals surface area (Å²) in [6, 6.07) is 16.1. The van der Waals surface area contributed by atoms with E-state index >= 15 is 0 Å². The molecule has 0 spiro atoms. The Morgan fingerprint density at radius 2 is 1.70 bits per heavy atom. The van der Waals surface area contributed by atoms with Crippen molar-refractivity contribution in [3.8, 4) is 0 Å². The molecule has 1 N–H and O–H groups in total. The second-order valence-electron chi connectivity index (χ2n) is 9.86. The molecule has 1 saturated carbocycles. The van der Waals surface area contributed by atoms with Crippen LogP contribution in [0.4, 0.5) is 18.9 Å². The van der Waals surface area contributed by atoms with Crippen molar-refractivity contribution in [1.82, 2.24) is 10.3 Å². The van der Waals surface area contributed by atoms with E-state index in [2.05, 4.69) is 10.3 Å². The molecule has 0 aliphatic heterocycles. The van der Waals surface area contributed by atoms with Crippen LogP contribution in [0.5, 0.6) is 0 Å². The maximum absolute atomic E-state index is 14.5. The molecule has 0 radical (unpaired) electrons. The number of anilines is 1. The third-order valence-electron chi connectivity index (χ3n) is 7.45. The molecule has 192 valence electrons. The summed E-state index contributed by atoms with van der Waals surface area (Å²) >= 11 is 0. The minimum atomic E-state index is -2.73. The number of rotatable bonds is 6. The number of fused-ring (bicyclic) bond motifs is 1. The van der Waals surface area contributed by atoms with Crippen LogP contribution in [0.15, 0.2) is 73.1 Å². The van der Waals surface area contributed by atoms with E-state index in [9.17, 15) is 22.8 Å². The van der Waals surface area contributed by atoms with Crippen molar-refractivity contribution >= 4 is 17.5 Å². The Kier molecular flexibility index (Phi) is 6.75. The molecule has 1 fully saturated rings. The fraction of sp³-hybridized carbons (Fsp3) is 0.345. The van der Waals surface area contributed by atoms with E-state index in [0.717, 1.165) is 5.56 Å². The standard InChI is InChI=1S/C29H28F3N3O2/c30-22-5-3-6-24(19-22)35(26(36)18-20-11-16-33-17-12-20)29(15-8-21-4-1-2-7-25(21)29)27(37)34-23-9-13-28(31,32)14-10-23/h1-7,11-12,16-17,19,23H,8-10,13-15,18H2,(H,34,37). The van der Waals surface area contributed by atoms with E-state index in [-0.39, 0.29) is 43.7 Å². The van der Waals surface area contributed by atoms with Gasteiger partial charge in [-0.15, -0.1) is 0 Å². The third-order valence-corrected chi connectivity index (χ3v) is 7.45. The highest BCUT2D eigenvalue weighted by Crippen LogP contribution is 2.45. The van der Waals surface area contributed by atoms with E-state index in [1.54, 1.807) is 30.6 Å². The quantitative estimate of drug-likeness (QED) is 0.491. The van der Waals surface area contributed by atoms with Crippen molar-refractivity contribution < 1.29 is 22.8 Å². The summed E-state index contributed by atoms with van der Waals surface area (Å²) in [7, 11) is 0. The first-order valence-electron chi connectivity index (χ1n) is 12.5. The van der Waals surface area contributed by atoms with Gasteiger partial charge in [0.2, 0.25) is 11.8 Å². The Labute approximate surface area is 213 Å². The number of halogens is 3. The van der Waals surface area contributed by atoms with E-state index in [1.165, 1.54) is 23.1 Å². The number of aromatic nitrogens is 1. The number of pyridine rings is 1. The number of aryl methyl sites for hydroxylation is 1. The Morgan fingerprint density at radius 3 is 2.43 bits per heavy atom. The smallest absolute Gasteiger partial charge is 0.251 e. The van der Waals surface area contributed by atoms with Gasteiger partial charge in [0.1, 0.15) is 5.82 Å². The molecule has 2 aliphatic rings. The minimum absolute atomic E-state index is 0.0219. The zero-order valence-electron chi connectivity index (χ0n) is 20.3. The summed E-state index contributed by atoms with van der Waals surface area (Å²) in [6.07, 6.45) is 3.70. The molecule has 2 amide bonds. The molecule has 2 aliphatic carbocycles. The largest absolute Gasteiger partial charge is 0.351 e. The fourth-order valence-corrected chi connectivity index (χ4v) is 5.60. The molecular weight excluding hydrogens is 479 g/mol. The summed E-state index contributed by atoms with van der Waals surface area (Å²) in [5.74, 6) is -4.07. The predicted octanol–water partition coefficient (Wildman–Crippen LogP) is 5.33. The van der Waals surface area contributed by atoms with Gasteiger partial charge in [-0.05, 0) is 72.7 Å². The summed E-state index contributed by atoms with van der Waals surface area (Å²) in [6.45, 7) is 0. The fourth-order valence-electron chi connectivity index (χ4n) is 5.60. The van der Waals surface area contributed by atoms with Crippen molar-refractivity contribution in [3.05, 3.63) is 95.6 Å². The van der Waals surface area contributed by atoms with E-state index < -0.39 is 29.2 Å². The van der Waals surface area contributed by atoms with Crippen LogP contribution in [-0.2, 0) is 28.0 Å². The molecule has 8 heteroatoms. The van der Waals surface area contributed by atoms with Crippen molar-refractivity contribution in [2.24, 2.45) is 0 Å². The van der Waals surface area contributed by atoms with Crippen LogP contribution in [0.25, 0.3) is 0 Å². The van der Waals surface area contributed by atoms with Crippen LogP contribution < -0.4 is 10.2 Å². The molecule has 1 atom stereocenters. The first-order chi connectivity index (χ1) is 17.8. The zero-order chi connectivity index (χ0) is 26.0. The van der Waals surface area contributed by atoms with Gasteiger partial charge in [0, 0.05) is 37.0 Å². The number of amides is 2. The Hall–Kier alpha value is -3.68. The van der Waals surface area contributed by atoms with Crippen molar-refractivity contribution in [3.63, 3.8) is 0 Å². The molecule has 37 heavy (non-hydrogen) atoms. The van der Waals surface area contributed by atoms with Crippen LogP contribution in [0, 0.1) is 5.82 Å². The Balaban J connectivity index is 1.59. The van der Waals surface area contributed by atoms with Crippen molar-refractivity contribution in [1.29, 1.82) is 0 Å². The number of hydrogen-bond acceptors (Lipinski definition) is 3. The van der Waals surface area contributed by atoms with Crippen LogP contribution >= 0.6 is 0 Å². The zero-order valence-corrected chi connectivity index (χ0v) is 20.3. The Morgan fingerprint density at radius 1 is 0.973 bits per heavy atom. The third kappa shape index (κ3) is 4.97. The summed E-state index contributed by atoms with van der Waals surface area (Å²) in [4.78, 5) is 33.6. The average molecular weight is 508 g/mol. The number of nitrogens with one attached hydrogen (secondary N) is 1. The number of hydrogen-bond donors (Lipinski definition) is 1. The van der Waals surface area contributed by atoms with Gasteiger partial charge in [-0.3, -0.25) is 19.5 Å². The lowest BCUT2D eigenvalue weighted by Gasteiger charge is -2.42. The summed E-state index contributed by atoms with van der Waals surface area (Å²) in [5.41, 5.74) is 1.11. The number of carbonyl (C=O) groups excluding carboxylic acids is 2. The van der Waals surface area contributed by atoms with Gasteiger partial charge >= 0.3 is 0 Å². The van der Waals surface area contributed by atoms with Gasteiger partial charge in [0.25, 0.3) is 5.91 Å². The topological polar surface area (TPSA) is 62.3 Å². The number of nitrogens with zero attached hydrogens (tertiary/aromatic N) is 2. The van der Waals surface area contributed by atoms with Gasteiger partial charge in [0.15, 0.2) is 5.54 Å². The summed E-state index contributed by atoms with van der Waals surface area (Å²) in [5, 5.41) is 2.99. The highest BCUT2D eigenvalue weighted by molar-refractivity contribution is 6.05. The first kappa shape index (κ1) is 25.0. The van der Waals surface area contributed by atoms with Crippen molar-refractivity contribution in [2.75, 3.05) is 4.90 Å². The second-order valence-corrected chi connectivity index (χ2v) is 9.86. The van der Waals surface area contributed by atoms with E-state index in [4.69, 9.17) is 0 Å². The maximum atomic E-state index is 14.5. The molecule has 0 saturated heterocycles. The minimum Gasteiger partial charge on any atom is -0.351 e. The molecule has 3 aromatic rings. The lowest BCUT2D eigenvalue weighted by atomic mass is 9.85. The number of alkyl halides is 2. The molecule has 1 aromatic heterocycles. The van der Waals surface area contributed by atoms with Crippen LogP contribution in [0.1, 0.15) is 48.8 Å². The van der Waals surface area contributed by atoms with Crippen LogP contribution in [0.2, 0.25) is 0 Å². The highest BCUT2D eigenvalue weighted by atomic mass is 19.3. The normalized spacial score (nSPS) is 20.7. The Bertz CT molecular complexity index is 1290. The molecule has 0 bridgehead atoms. The highest BCUT2D eigenvalue weighted by Gasteiger charge is 2.53. The molecule has 2 aromatic carbocycles. The van der Waals surface area contributed by atoms with Crippen LogP contribution in [0.3, 0.4) is 0 Å². The lowest BCUT2D eigenvalue weighted by Crippen LogP contribution is -2.60. The van der Waals surface area contributed by atoms with E-state index in [0.29, 0.717) is 24.0 Å². The van der Waals surface area contributed by atoms with Gasteiger partial charge in [-0.25, -0.2) is 13.2 Å². The number of benzene rings is 2. The number of carbonyl (C=O) groups is 2. The molecule has 1 unspecified atom stereocenters. The average Bonchev–Trinajstić information content (AvgIpc) is 3.26. The van der Waals surface area contributed by atoms with Gasteiger partial charge in [-0.1, -0.05) is 30.3 Å². The molecule has 5 rings (SSSR count). The lowest BCUT2D eigenvalue weighted by molar-refractivity contribution is -0.132. The van der Waals surface area contributed by atoms with Gasteiger partial charge < -0.3 is 5.32 Å². The monoisotopic (exact) mass is 507 g/mol. The second kappa shape index (κ2) is 10.00.